The molecular weight excluding hydrogens is 606 g/mol. The molecule has 0 spiro atoms. The first-order valence-corrected chi connectivity index (χ1v) is 12.2. The van der Waals surface area contributed by atoms with Crippen molar-refractivity contribution < 1.29 is 9.59 Å². The van der Waals surface area contributed by atoms with Gasteiger partial charge in [0, 0.05) is 31.6 Å². The third kappa shape index (κ3) is 7.93. The zero-order valence-corrected chi connectivity index (χ0v) is 20.9. The highest BCUT2D eigenvalue weighted by Crippen LogP contribution is 2.28. The number of anilines is 2. The van der Waals surface area contributed by atoms with Crippen molar-refractivity contribution in [1.29, 1.82) is 0 Å². The Bertz CT molecular complexity index is 774. The predicted molar refractivity (Wildman–Crippen MR) is 138 cm³/mol. The Morgan fingerprint density at radius 3 is 1.53 bits per heavy atom. The molecule has 0 heterocycles. The van der Waals surface area contributed by atoms with Crippen molar-refractivity contribution in [3.63, 3.8) is 0 Å². The zero-order valence-electron chi connectivity index (χ0n) is 16.6. The minimum absolute atomic E-state index is 0.173. The maximum atomic E-state index is 12.1. The van der Waals surface area contributed by atoms with Gasteiger partial charge in [-0.3, -0.25) is 0 Å². The van der Waals surface area contributed by atoms with Crippen molar-refractivity contribution in [1.82, 2.24) is 10.6 Å². The van der Waals surface area contributed by atoms with Crippen LogP contribution >= 0.6 is 45.2 Å². The number of carbonyl (C=O) groups is 2. The molecule has 160 valence electrons. The molecule has 4 amide bonds. The molecular formula is C22H26I2N4O2. The Kier molecular flexibility index (Phi) is 9.04. The Balaban J connectivity index is 1.36. The first-order valence-electron chi connectivity index (χ1n) is 10.1. The molecule has 0 aliphatic heterocycles. The molecule has 6 nitrogen and oxygen atoms in total. The van der Waals surface area contributed by atoms with Crippen LogP contribution in [0.15, 0.2) is 48.5 Å². The number of hydrogen-bond acceptors (Lipinski definition) is 2. The maximum absolute atomic E-state index is 12.1. The summed E-state index contributed by atoms with van der Waals surface area (Å²) in [6.07, 6.45) is 4.34. The van der Waals surface area contributed by atoms with E-state index in [0.717, 1.165) is 44.2 Å². The summed E-state index contributed by atoms with van der Waals surface area (Å²) >= 11 is 4.47. The third-order valence-corrected chi connectivity index (χ3v) is 6.64. The number of nitrogens with one attached hydrogen (secondary N) is 4. The van der Waals surface area contributed by atoms with Gasteiger partial charge in [0.25, 0.3) is 0 Å². The lowest BCUT2D eigenvalue weighted by molar-refractivity contribution is 0.230. The summed E-state index contributed by atoms with van der Waals surface area (Å²) in [5.74, 6) is 0.875. The minimum Gasteiger partial charge on any atom is -0.338 e. The summed E-state index contributed by atoms with van der Waals surface area (Å²) in [5.41, 5.74) is 1.58. The largest absolute Gasteiger partial charge is 0.338 e. The van der Waals surface area contributed by atoms with Gasteiger partial charge in [0.1, 0.15) is 0 Å². The Morgan fingerprint density at radius 1 is 0.733 bits per heavy atom. The normalized spacial score (nSPS) is 18.3. The third-order valence-electron chi connectivity index (χ3n) is 5.20. The zero-order chi connectivity index (χ0) is 21.3. The van der Waals surface area contributed by atoms with Crippen molar-refractivity contribution in [2.75, 3.05) is 23.7 Å². The summed E-state index contributed by atoms with van der Waals surface area (Å²) in [4.78, 5) is 24.3. The van der Waals surface area contributed by atoms with Crippen LogP contribution in [0.5, 0.6) is 0 Å². The minimum atomic E-state index is -0.173. The summed E-state index contributed by atoms with van der Waals surface area (Å²) in [6.45, 7) is 1.31. The number of benzene rings is 2. The molecule has 30 heavy (non-hydrogen) atoms. The lowest BCUT2D eigenvalue weighted by atomic mass is 9.81. The van der Waals surface area contributed by atoms with E-state index in [1.165, 1.54) is 0 Å². The van der Waals surface area contributed by atoms with Gasteiger partial charge in [-0.2, -0.15) is 0 Å². The standard InChI is InChI=1S/C22H26I2N4O2/c23-17-4-8-19(9-5-17)27-21(29)25-13-15-2-1-3-16(12-15)14-26-22(30)28-20-10-6-18(24)7-11-20/h4-11,15-16H,1-3,12-14H2,(H2,25,27,29)(H2,26,28,30)/t15-,16+. The number of amides is 4. The van der Waals surface area contributed by atoms with Crippen LogP contribution < -0.4 is 21.3 Å². The molecule has 1 fully saturated rings. The topological polar surface area (TPSA) is 82.3 Å². The summed E-state index contributed by atoms with van der Waals surface area (Å²) in [6, 6.07) is 15.1. The van der Waals surface area contributed by atoms with Crippen LogP contribution in [0.1, 0.15) is 25.7 Å². The Morgan fingerprint density at radius 2 is 1.13 bits per heavy atom. The van der Waals surface area contributed by atoms with Crippen LogP contribution in [0.3, 0.4) is 0 Å². The highest BCUT2D eigenvalue weighted by molar-refractivity contribution is 14.1. The van der Waals surface area contributed by atoms with E-state index < -0.39 is 0 Å². The molecule has 2 aromatic carbocycles. The molecule has 4 N–H and O–H groups in total. The fraction of sp³-hybridized carbons (Fsp3) is 0.364. The van der Waals surface area contributed by atoms with E-state index in [9.17, 15) is 9.59 Å². The molecule has 2 aromatic rings. The van der Waals surface area contributed by atoms with Crippen LogP contribution in [0.2, 0.25) is 0 Å². The van der Waals surface area contributed by atoms with Gasteiger partial charge in [-0.25, -0.2) is 9.59 Å². The van der Waals surface area contributed by atoms with Gasteiger partial charge in [0.15, 0.2) is 0 Å². The second-order valence-corrected chi connectivity index (χ2v) is 10.1. The lowest BCUT2D eigenvalue weighted by Crippen LogP contribution is -2.38. The van der Waals surface area contributed by atoms with E-state index in [1.54, 1.807) is 0 Å². The van der Waals surface area contributed by atoms with Crippen molar-refractivity contribution >= 4 is 68.6 Å². The van der Waals surface area contributed by atoms with Crippen molar-refractivity contribution in [2.45, 2.75) is 25.7 Å². The fourth-order valence-electron chi connectivity index (χ4n) is 3.66. The Hall–Kier alpha value is -1.56. The molecule has 2 atom stereocenters. The van der Waals surface area contributed by atoms with Crippen molar-refractivity contribution in [3.8, 4) is 0 Å². The monoisotopic (exact) mass is 632 g/mol. The first kappa shape index (κ1) is 23.1. The molecule has 0 unspecified atom stereocenters. The van der Waals surface area contributed by atoms with Crippen LogP contribution in [0.4, 0.5) is 21.0 Å². The van der Waals surface area contributed by atoms with E-state index in [2.05, 4.69) is 66.4 Å². The predicted octanol–water partition coefficient (Wildman–Crippen LogP) is 5.65. The molecule has 1 saturated carbocycles. The van der Waals surface area contributed by atoms with Gasteiger partial charge >= 0.3 is 12.1 Å². The van der Waals surface area contributed by atoms with E-state index >= 15 is 0 Å². The summed E-state index contributed by atoms with van der Waals surface area (Å²) in [7, 11) is 0. The van der Waals surface area contributed by atoms with Crippen LogP contribution in [-0.2, 0) is 0 Å². The SMILES string of the molecule is O=C(NC[C@H]1CCC[C@@H](CNC(=O)Nc2ccc(I)cc2)C1)Nc1ccc(I)cc1. The van der Waals surface area contributed by atoms with Gasteiger partial charge in [0.2, 0.25) is 0 Å². The van der Waals surface area contributed by atoms with Crippen LogP contribution in [0.25, 0.3) is 0 Å². The number of urea groups is 2. The second-order valence-electron chi connectivity index (χ2n) is 7.58. The Labute approximate surface area is 204 Å². The van der Waals surface area contributed by atoms with E-state index in [4.69, 9.17) is 0 Å². The van der Waals surface area contributed by atoms with Crippen LogP contribution in [0, 0.1) is 19.0 Å². The van der Waals surface area contributed by atoms with Crippen molar-refractivity contribution in [3.05, 3.63) is 55.7 Å². The molecule has 0 saturated heterocycles. The average Bonchev–Trinajstić information content (AvgIpc) is 2.74. The van der Waals surface area contributed by atoms with E-state index in [1.807, 2.05) is 48.5 Å². The molecule has 1 aliphatic carbocycles. The van der Waals surface area contributed by atoms with Gasteiger partial charge in [-0.1, -0.05) is 6.42 Å². The van der Waals surface area contributed by atoms with Crippen molar-refractivity contribution in [2.24, 2.45) is 11.8 Å². The smallest absolute Gasteiger partial charge is 0.319 e. The van der Waals surface area contributed by atoms with E-state index in [-0.39, 0.29) is 12.1 Å². The maximum Gasteiger partial charge on any atom is 0.319 e. The number of rotatable bonds is 6. The molecule has 0 aromatic heterocycles. The fourth-order valence-corrected chi connectivity index (χ4v) is 4.38. The number of hydrogen-bond donors (Lipinski definition) is 4. The molecule has 8 heteroatoms. The van der Waals surface area contributed by atoms with Gasteiger partial charge in [0.05, 0.1) is 0 Å². The quantitative estimate of drug-likeness (QED) is 0.311. The highest BCUT2D eigenvalue weighted by atomic mass is 127. The molecule has 0 bridgehead atoms. The second kappa shape index (κ2) is 11.7. The van der Waals surface area contributed by atoms with Gasteiger partial charge in [-0.15, -0.1) is 0 Å². The highest BCUT2D eigenvalue weighted by Gasteiger charge is 2.22. The summed E-state index contributed by atoms with van der Waals surface area (Å²) in [5, 5.41) is 11.7. The lowest BCUT2D eigenvalue weighted by Gasteiger charge is -2.29. The number of halogens is 2. The van der Waals surface area contributed by atoms with Gasteiger partial charge in [-0.05, 0) is 125 Å². The number of carbonyl (C=O) groups excluding carboxylic acids is 2. The average molecular weight is 632 g/mol. The van der Waals surface area contributed by atoms with E-state index in [0.29, 0.717) is 24.9 Å². The summed E-state index contributed by atoms with van der Waals surface area (Å²) < 4.78 is 2.26. The first-order chi connectivity index (χ1) is 14.5. The molecule has 1 aliphatic rings. The van der Waals surface area contributed by atoms with Gasteiger partial charge < -0.3 is 21.3 Å². The molecule has 3 rings (SSSR count). The van der Waals surface area contributed by atoms with Crippen LogP contribution in [-0.4, -0.2) is 25.2 Å². The molecule has 0 radical (unpaired) electrons.